The molecule has 3 heterocycles. The molecule has 6 heteroatoms. The number of benzene rings is 1. The molecule has 126 valence electrons. The predicted octanol–water partition coefficient (Wildman–Crippen LogP) is 0.955. The fourth-order valence-corrected chi connectivity index (χ4v) is 3.59. The summed E-state index contributed by atoms with van der Waals surface area (Å²) in [5.41, 5.74) is 2.23. The number of aromatic amines is 1. The average Bonchev–Trinajstić information content (AvgIpc) is 3.22. The molecule has 0 bridgehead atoms. The Labute approximate surface area is 140 Å². The van der Waals surface area contributed by atoms with Gasteiger partial charge < -0.3 is 14.6 Å². The van der Waals surface area contributed by atoms with Crippen LogP contribution in [0.4, 0.5) is 0 Å². The Morgan fingerprint density at radius 2 is 2.17 bits per heavy atom. The van der Waals surface area contributed by atoms with E-state index >= 15 is 0 Å². The summed E-state index contributed by atoms with van der Waals surface area (Å²) in [5, 5.41) is 0.936. The van der Waals surface area contributed by atoms with Gasteiger partial charge in [-0.1, -0.05) is 0 Å². The molecule has 0 radical (unpaired) electrons. The Balaban J connectivity index is 1.70. The third-order valence-corrected chi connectivity index (χ3v) is 4.87. The van der Waals surface area contributed by atoms with Crippen molar-refractivity contribution in [3.63, 3.8) is 0 Å². The number of likely N-dealkylation sites (tertiary alicyclic amines) is 1. The highest BCUT2D eigenvalue weighted by Gasteiger charge is 2.16. The first kappa shape index (κ1) is 15.2. The van der Waals surface area contributed by atoms with Crippen LogP contribution >= 0.6 is 0 Å². The Morgan fingerprint density at radius 1 is 1.33 bits per heavy atom. The second kappa shape index (κ2) is 6.28. The quantitative estimate of drug-likeness (QED) is 0.733. The maximum absolute atomic E-state index is 12.8. The number of rotatable bonds is 5. The highest BCUT2D eigenvalue weighted by Crippen LogP contribution is 2.25. The number of hydrogen-bond acceptors (Lipinski definition) is 3. The SMILES string of the molecule is CCOc1ccc2[nH]c3c(=O)n(CC[NH+]4CCCC4)cnc3c2c1. The molecule has 0 unspecified atom stereocenters. The van der Waals surface area contributed by atoms with Gasteiger partial charge in [-0.05, 0) is 25.1 Å². The van der Waals surface area contributed by atoms with Gasteiger partial charge >= 0.3 is 0 Å². The van der Waals surface area contributed by atoms with Gasteiger partial charge in [-0.25, -0.2) is 4.98 Å². The second-order valence-corrected chi connectivity index (χ2v) is 6.44. The number of nitrogens with one attached hydrogen (secondary N) is 2. The molecule has 1 saturated heterocycles. The van der Waals surface area contributed by atoms with Crippen LogP contribution in [0, 0.1) is 0 Å². The predicted molar refractivity (Wildman–Crippen MR) is 93.8 cm³/mol. The second-order valence-electron chi connectivity index (χ2n) is 6.44. The molecule has 2 aromatic heterocycles. The van der Waals surface area contributed by atoms with Crippen LogP contribution < -0.4 is 15.2 Å². The van der Waals surface area contributed by atoms with Gasteiger partial charge in [0.15, 0.2) is 0 Å². The van der Waals surface area contributed by atoms with Crippen molar-refractivity contribution >= 4 is 21.9 Å². The molecule has 0 spiro atoms. The molecule has 1 aromatic carbocycles. The fourth-order valence-electron chi connectivity index (χ4n) is 3.59. The minimum atomic E-state index is 0.00718. The number of quaternary nitrogens is 1. The molecule has 0 aliphatic carbocycles. The Bertz CT molecular complexity index is 922. The summed E-state index contributed by atoms with van der Waals surface area (Å²) in [6.45, 7) is 6.72. The summed E-state index contributed by atoms with van der Waals surface area (Å²) in [4.78, 5) is 22.1. The molecule has 0 saturated carbocycles. The van der Waals surface area contributed by atoms with E-state index in [1.165, 1.54) is 25.9 Å². The van der Waals surface area contributed by atoms with Crippen LogP contribution in [-0.4, -0.2) is 40.8 Å². The average molecular weight is 327 g/mol. The summed E-state index contributed by atoms with van der Waals surface area (Å²) in [6, 6.07) is 5.81. The van der Waals surface area contributed by atoms with Gasteiger partial charge in [-0.2, -0.15) is 0 Å². The third kappa shape index (κ3) is 2.67. The van der Waals surface area contributed by atoms with E-state index in [9.17, 15) is 4.79 Å². The van der Waals surface area contributed by atoms with Crippen molar-refractivity contribution in [2.45, 2.75) is 26.3 Å². The first-order valence-corrected chi connectivity index (χ1v) is 8.73. The van der Waals surface area contributed by atoms with Crippen molar-refractivity contribution < 1.29 is 9.64 Å². The number of H-pyrrole nitrogens is 1. The van der Waals surface area contributed by atoms with E-state index in [1.54, 1.807) is 15.8 Å². The molecule has 24 heavy (non-hydrogen) atoms. The van der Waals surface area contributed by atoms with Crippen molar-refractivity contribution in [1.82, 2.24) is 14.5 Å². The molecule has 4 rings (SSSR count). The lowest BCUT2D eigenvalue weighted by Crippen LogP contribution is -3.10. The number of aromatic nitrogens is 3. The Hall–Kier alpha value is -2.34. The molecule has 1 aliphatic rings. The van der Waals surface area contributed by atoms with Crippen molar-refractivity contribution in [2.75, 3.05) is 26.2 Å². The standard InChI is InChI=1S/C18H22N4O2/c1-2-24-13-5-6-15-14(11-13)16-17(20-15)18(23)22(12-19-16)10-9-21-7-3-4-8-21/h5-6,11-12,20H,2-4,7-10H2,1H3/p+1. The minimum Gasteiger partial charge on any atom is -0.494 e. The van der Waals surface area contributed by atoms with Crippen LogP contribution in [0.15, 0.2) is 29.3 Å². The number of hydrogen-bond donors (Lipinski definition) is 2. The van der Waals surface area contributed by atoms with Crippen LogP contribution in [0.2, 0.25) is 0 Å². The zero-order chi connectivity index (χ0) is 16.5. The van der Waals surface area contributed by atoms with Crippen LogP contribution in [0.25, 0.3) is 21.9 Å². The molecule has 0 amide bonds. The van der Waals surface area contributed by atoms with Gasteiger partial charge in [0.25, 0.3) is 5.56 Å². The van der Waals surface area contributed by atoms with E-state index in [4.69, 9.17) is 4.74 Å². The van der Waals surface area contributed by atoms with Gasteiger partial charge in [0.2, 0.25) is 0 Å². The van der Waals surface area contributed by atoms with Crippen molar-refractivity contribution in [3.8, 4) is 5.75 Å². The first-order valence-electron chi connectivity index (χ1n) is 8.73. The van der Waals surface area contributed by atoms with E-state index in [2.05, 4.69) is 9.97 Å². The lowest BCUT2D eigenvalue weighted by atomic mass is 10.2. The highest BCUT2D eigenvalue weighted by molar-refractivity contribution is 6.04. The van der Waals surface area contributed by atoms with Crippen molar-refractivity contribution in [3.05, 3.63) is 34.9 Å². The molecule has 6 nitrogen and oxygen atoms in total. The van der Waals surface area contributed by atoms with Crippen LogP contribution in [0.3, 0.4) is 0 Å². The smallest absolute Gasteiger partial charge is 0.277 e. The van der Waals surface area contributed by atoms with Gasteiger partial charge in [0.1, 0.15) is 16.8 Å². The van der Waals surface area contributed by atoms with Gasteiger partial charge in [0.05, 0.1) is 39.1 Å². The molecule has 3 aromatic rings. The summed E-state index contributed by atoms with van der Waals surface area (Å²) in [5.74, 6) is 0.800. The normalized spacial score (nSPS) is 15.5. The van der Waals surface area contributed by atoms with Crippen LogP contribution in [0.1, 0.15) is 19.8 Å². The van der Waals surface area contributed by atoms with Crippen molar-refractivity contribution in [1.29, 1.82) is 0 Å². The largest absolute Gasteiger partial charge is 0.494 e. The van der Waals surface area contributed by atoms with E-state index in [0.29, 0.717) is 12.1 Å². The van der Waals surface area contributed by atoms with Gasteiger partial charge in [0, 0.05) is 23.7 Å². The Kier molecular flexibility index (Phi) is 3.98. The third-order valence-electron chi connectivity index (χ3n) is 4.87. The lowest BCUT2D eigenvalue weighted by Gasteiger charge is -2.12. The van der Waals surface area contributed by atoms with Crippen LogP contribution in [-0.2, 0) is 6.54 Å². The Morgan fingerprint density at radius 3 is 2.96 bits per heavy atom. The lowest BCUT2D eigenvalue weighted by molar-refractivity contribution is -0.888. The van der Waals surface area contributed by atoms with E-state index in [1.807, 2.05) is 25.1 Å². The van der Waals surface area contributed by atoms with E-state index < -0.39 is 0 Å². The zero-order valence-electron chi connectivity index (χ0n) is 14.0. The van der Waals surface area contributed by atoms with Gasteiger partial charge in [-0.15, -0.1) is 0 Å². The van der Waals surface area contributed by atoms with E-state index in [-0.39, 0.29) is 5.56 Å². The maximum Gasteiger partial charge on any atom is 0.277 e. The number of ether oxygens (including phenoxy) is 1. The number of nitrogens with zero attached hydrogens (tertiary/aromatic N) is 2. The summed E-state index contributed by atoms with van der Waals surface area (Å²) in [7, 11) is 0. The highest BCUT2D eigenvalue weighted by atomic mass is 16.5. The zero-order valence-corrected chi connectivity index (χ0v) is 14.0. The summed E-state index contributed by atoms with van der Waals surface area (Å²) < 4.78 is 7.28. The van der Waals surface area contributed by atoms with Crippen LogP contribution in [0.5, 0.6) is 5.75 Å². The molecular formula is C18H23N4O2+. The molecule has 1 fully saturated rings. The number of fused-ring (bicyclic) bond motifs is 3. The maximum atomic E-state index is 12.8. The fraction of sp³-hybridized carbons (Fsp3) is 0.444. The monoisotopic (exact) mass is 327 g/mol. The minimum absolute atomic E-state index is 0.00718. The first-order chi connectivity index (χ1) is 11.8. The summed E-state index contributed by atoms with van der Waals surface area (Å²) >= 11 is 0. The van der Waals surface area contributed by atoms with E-state index in [0.717, 1.165) is 35.3 Å². The van der Waals surface area contributed by atoms with Crippen molar-refractivity contribution in [2.24, 2.45) is 0 Å². The molecule has 2 N–H and O–H groups in total. The molecular weight excluding hydrogens is 304 g/mol. The molecule has 0 atom stereocenters. The van der Waals surface area contributed by atoms with Gasteiger partial charge in [-0.3, -0.25) is 9.36 Å². The summed E-state index contributed by atoms with van der Waals surface area (Å²) in [6.07, 6.45) is 4.28. The topological polar surface area (TPSA) is 64.3 Å². The molecule has 1 aliphatic heterocycles.